The van der Waals surface area contributed by atoms with Crippen molar-refractivity contribution in [2.45, 2.75) is 6.92 Å². The van der Waals surface area contributed by atoms with Gasteiger partial charge in [-0.25, -0.2) is 9.97 Å². The van der Waals surface area contributed by atoms with Crippen LogP contribution in [0.1, 0.15) is 5.56 Å². The molecular formula is C13H9BrClN3. The highest BCUT2D eigenvalue weighted by Crippen LogP contribution is 2.35. The van der Waals surface area contributed by atoms with Crippen molar-refractivity contribution in [2.75, 3.05) is 0 Å². The average molecular weight is 323 g/mol. The molecule has 0 radical (unpaired) electrons. The molecule has 1 aromatic carbocycles. The van der Waals surface area contributed by atoms with Crippen molar-refractivity contribution in [3.63, 3.8) is 0 Å². The summed E-state index contributed by atoms with van der Waals surface area (Å²) in [5.74, 6) is 0. The molecule has 3 rings (SSSR count). The minimum Gasteiger partial charge on any atom is -0.329 e. The zero-order valence-electron chi connectivity index (χ0n) is 9.54. The van der Waals surface area contributed by atoms with E-state index in [9.17, 15) is 0 Å². The number of H-pyrrole nitrogens is 1. The molecule has 0 saturated heterocycles. The van der Waals surface area contributed by atoms with Crippen molar-refractivity contribution in [1.29, 1.82) is 0 Å². The molecule has 0 spiro atoms. The highest BCUT2D eigenvalue weighted by Gasteiger charge is 2.14. The van der Waals surface area contributed by atoms with Crippen molar-refractivity contribution in [3.8, 4) is 11.3 Å². The molecular weight excluding hydrogens is 314 g/mol. The van der Waals surface area contributed by atoms with Gasteiger partial charge in [0.15, 0.2) is 0 Å². The molecule has 0 atom stereocenters. The Labute approximate surface area is 117 Å². The Bertz CT molecular complexity index is 736. The maximum absolute atomic E-state index is 6.07. The average Bonchev–Trinajstić information content (AvgIpc) is 2.65. The first-order valence-corrected chi connectivity index (χ1v) is 6.58. The molecule has 0 aliphatic rings. The van der Waals surface area contributed by atoms with Gasteiger partial charge in [-0.2, -0.15) is 0 Å². The number of halogens is 2. The Balaban J connectivity index is 2.35. The molecule has 2 heterocycles. The van der Waals surface area contributed by atoms with E-state index in [-0.39, 0.29) is 0 Å². The van der Waals surface area contributed by atoms with E-state index in [1.54, 1.807) is 6.33 Å². The minimum atomic E-state index is 0.541. The summed E-state index contributed by atoms with van der Waals surface area (Å²) in [6.45, 7) is 2.06. The fourth-order valence-corrected chi connectivity index (χ4v) is 2.63. The van der Waals surface area contributed by atoms with Crippen LogP contribution in [-0.2, 0) is 0 Å². The highest BCUT2D eigenvalue weighted by molar-refractivity contribution is 9.10. The normalized spacial score (nSPS) is 11.1. The van der Waals surface area contributed by atoms with E-state index in [0.29, 0.717) is 5.15 Å². The van der Waals surface area contributed by atoms with Crippen LogP contribution in [0.15, 0.2) is 35.1 Å². The van der Waals surface area contributed by atoms with Crippen LogP contribution in [0.25, 0.3) is 22.3 Å². The number of hydrogen-bond acceptors (Lipinski definition) is 2. The Morgan fingerprint density at radius 2 is 2.11 bits per heavy atom. The first-order chi connectivity index (χ1) is 8.66. The van der Waals surface area contributed by atoms with Crippen molar-refractivity contribution < 1.29 is 0 Å². The summed E-state index contributed by atoms with van der Waals surface area (Å²) in [7, 11) is 0. The SMILES string of the molecule is Cc1cccc(-c2ncnc3[nH]c(Cl)c(Br)c23)c1. The van der Waals surface area contributed by atoms with Crippen LogP contribution in [-0.4, -0.2) is 15.0 Å². The topological polar surface area (TPSA) is 41.6 Å². The van der Waals surface area contributed by atoms with Crippen molar-refractivity contribution in [2.24, 2.45) is 0 Å². The summed E-state index contributed by atoms with van der Waals surface area (Å²) >= 11 is 9.55. The minimum absolute atomic E-state index is 0.541. The van der Waals surface area contributed by atoms with E-state index in [4.69, 9.17) is 11.6 Å². The molecule has 18 heavy (non-hydrogen) atoms. The quantitative estimate of drug-likeness (QED) is 0.723. The van der Waals surface area contributed by atoms with Crippen LogP contribution in [0, 0.1) is 6.92 Å². The molecule has 0 saturated carbocycles. The monoisotopic (exact) mass is 321 g/mol. The Morgan fingerprint density at radius 1 is 1.28 bits per heavy atom. The van der Waals surface area contributed by atoms with Crippen LogP contribution in [0.4, 0.5) is 0 Å². The maximum Gasteiger partial charge on any atom is 0.143 e. The molecule has 0 unspecified atom stereocenters. The van der Waals surface area contributed by atoms with E-state index in [0.717, 1.165) is 26.8 Å². The van der Waals surface area contributed by atoms with Crippen molar-refractivity contribution >= 4 is 38.6 Å². The lowest BCUT2D eigenvalue weighted by Gasteiger charge is -2.03. The summed E-state index contributed by atoms with van der Waals surface area (Å²) in [6.07, 6.45) is 1.54. The van der Waals surface area contributed by atoms with Gasteiger partial charge in [-0.15, -0.1) is 0 Å². The highest BCUT2D eigenvalue weighted by atomic mass is 79.9. The second kappa shape index (κ2) is 4.37. The molecule has 0 fully saturated rings. The molecule has 0 bridgehead atoms. The largest absolute Gasteiger partial charge is 0.329 e. The van der Waals surface area contributed by atoms with Gasteiger partial charge in [0.2, 0.25) is 0 Å². The standard InChI is InChI=1S/C13H9BrClN3/c1-7-3-2-4-8(5-7)11-9-10(14)12(15)18-13(9)17-6-16-11/h2-6H,1H3,(H,16,17,18). The molecule has 3 nitrogen and oxygen atoms in total. The van der Waals surface area contributed by atoms with Gasteiger partial charge in [-0.05, 0) is 28.9 Å². The smallest absolute Gasteiger partial charge is 0.143 e. The predicted molar refractivity (Wildman–Crippen MR) is 76.8 cm³/mol. The first kappa shape index (κ1) is 11.7. The number of aromatic nitrogens is 3. The molecule has 0 amide bonds. The third kappa shape index (κ3) is 1.82. The lowest BCUT2D eigenvalue weighted by Crippen LogP contribution is -1.88. The Kier molecular flexibility index (Phi) is 2.84. The molecule has 1 N–H and O–H groups in total. The summed E-state index contributed by atoms with van der Waals surface area (Å²) in [4.78, 5) is 11.6. The number of hydrogen-bond donors (Lipinski definition) is 1. The van der Waals surface area contributed by atoms with Crippen LogP contribution in [0.2, 0.25) is 5.15 Å². The molecule has 0 aliphatic heterocycles. The third-order valence-electron chi connectivity index (χ3n) is 2.78. The molecule has 3 aromatic rings. The number of nitrogens with one attached hydrogen (secondary N) is 1. The number of aromatic amines is 1. The fraction of sp³-hybridized carbons (Fsp3) is 0.0769. The number of benzene rings is 1. The predicted octanol–water partition coefficient (Wildman–Crippen LogP) is 4.35. The van der Waals surface area contributed by atoms with Crippen LogP contribution >= 0.6 is 27.5 Å². The maximum atomic E-state index is 6.07. The fourth-order valence-electron chi connectivity index (χ4n) is 1.97. The summed E-state index contributed by atoms with van der Waals surface area (Å²) in [5.41, 5.74) is 3.85. The second-order valence-corrected chi connectivity index (χ2v) is 5.24. The van der Waals surface area contributed by atoms with Crippen LogP contribution in [0.5, 0.6) is 0 Å². The second-order valence-electron chi connectivity index (χ2n) is 4.07. The van der Waals surface area contributed by atoms with Crippen LogP contribution < -0.4 is 0 Å². The molecule has 5 heteroatoms. The van der Waals surface area contributed by atoms with Gasteiger partial charge in [-0.3, -0.25) is 0 Å². The Morgan fingerprint density at radius 3 is 2.89 bits per heavy atom. The van der Waals surface area contributed by atoms with E-state index >= 15 is 0 Å². The molecule has 0 aliphatic carbocycles. The Hall–Kier alpha value is -1.39. The summed E-state index contributed by atoms with van der Waals surface area (Å²) in [6, 6.07) is 8.19. The first-order valence-electron chi connectivity index (χ1n) is 5.41. The van der Waals surface area contributed by atoms with Crippen molar-refractivity contribution in [3.05, 3.63) is 45.8 Å². The lowest BCUT2D eigenvalue weighted by atomic mass is 10.1. The van der Waals surface area contributed by atoms with Gasteiger partial charge in [0.1, 0.15) is 17.1 Å². The van der Waals surface area contributed by atoms with Gasteiger partial charge >= 0.3 is 0 Å². The van der Waals surface area contributed by atoms with Gasteiger partial charge in [0.05, 0.1) is 15.6 Å². The van der Waals surface area contributed by atoms with E-state index < -0.39 is 0 Å². The zero-order valence-corrected chi connectivity index (χ0v) is 11.9. The van der Waals surface area contributed by atoms with E-state index in [1.807, 2.05) is 12.1 Å². The van der Waals surface area contributed by atoms with Gasteiger partial charge < -0.3 is 4.98 Å². The number of rotatable bonds is 1. The number of fused-ring (bicyclic) bond motifs is 1. The van der Waals surface area contributed by atoms with Gasteiger partial charge in [0, 0.05) is 5.56 Å². The molecule has 2 aromatic heterocycles. The van der Waals surface area contributed by atoms with E-state index in [2.05, 4.69) is 49.9 Å². The summed E-state index contributed by atoms with van der Waals surface area (Å²) in [5, 5.41) is 1.45. The van der Waals surface area contributed by atoms with E-state index in [1.165, 1.54) is 5.56 Å². The summed E-state index contributed by atoms with van der Waals surface area (Å²) < 4.78 is 0.802. The molecule has 90 valence electrons. The zero-order chi connectivity index (χ0) is 12.7. The number of aryl methyl sites for hydroxylation is 1. The lowest BCUT2D eigenvalue weighted by molar-refractivity contribution is 1.20. The van der Waals surface area contributed by atoms with Gasteiger partial charge in [0.25, 0.3) is 0 Å². The van der Waals surface area contributed by atoms with Crippen molar-refractivity contribution in [1.82, 2.24) is 15.0 Å². The third-order valence-corrected chi connectivity index (χ3v) is 4.08. The van der Waals surface area contributed by atoms with Gasteiger partial charge in [-0.1, -0.05) is 35.4 Å². The van der Waals surface area contributed by atoms with Crippen LogP contribution in [0.3, 0.4) is 0 Å². The number of nitrogens with zero attached hydrogens (tertiary/aromatic N) is 2.